The molecule has 0 aliphatic heterocycles. The first-order chi connectivity index (χ1) is 16.2. The van der Waals surface area contributed by atoms with Gasteiger partial charge in [-0.25, -0.2) is 8.42 Å². The number of sulfonamides is 1. The third-order valence-electron chi connectivity index (χ3n) is 6.10. The smallest absolute Gasteiger partial charge is 0.244 e. The fourth-order valence-corrected chi connectivity index (χ4v) is 4.97. The van der Waals surface area contributed by atoms with Crippen LogP contribution in [0.2, 0.25) is 0 Å². The van der Waals surface area contributed by atoms with Gasteiger partial charge in [-0.3, -0.25) is 13.9 Å². The third kappa shape index (κ3) is 6.72. The predicted molar refractivity (Wildman–Crippen MR) is 132 cm³/mol. The minimum atomic E-state index is -3.76. The molecule has 0 radical (unpaired) electrons. The highest BCUT2D eigenvalue weighted by Crippen LogP contribution is 2.23. The highest BCUT2D eigenvalue weighted by molar-refractivity contribution is 7.92. The lowest BCUT2D eigenvalue weighted by atomic mass is 10.1. The summed E-state index contributed by atoms with van der Waals surface area (Å²) >= 11 is 0. The lowest BCUT2D eigenvalue weighted by molar-refractivity contribution is -0.139. The Labute approximate surface area is 201 Å². The Morgan fingerprint density at radius 3 is 2.24 bits per heavy atom. The van der Waals surface area contributed by atoms with Gasteiger partial charge >= 0.3 is 0 Å². The Hall–Kier alpha value is -3.07. The number of carbonyl (C=O) groups excluding carboxylic acids is 2. The summed E-state index contributed by atoms with van der Waals surface area (Å²) in [7, 11) is -2.24. The molecule has 1 fully saturated rings. The molecule has 1 aliphatic rings. The van der Waals surface area contributed by atoms with Crippen LogP contribution in [0.5, 0.6) is 5.75 Å². The molecule has 3 rings (SSSR count). The Bertz CT molecular complexity index is 1070. The van der Waals surface area contributed by atoms with Gasteiger partial charge in [0.2, 0.25) is 21.8 Å². The molecule has 1 N–H and O–H groups in total. The molecule has 2 amide bonds. The highest BCUT2D eigenvalue weighted by atomic mass is 32.2. The second-order valence-electron chi connectivity index (χ2n) is 8.64. The maximum absolute atomic E-state index is 13.5. The predicted octanol–water partition coefficient (Wildman–Crippen LogP) is 2.94. The van der Waals surface area contributed by atoms with E-state index in [1.165, 1.54) is 12.0 Å². The van der Waals surface area contributed by atoms with Gasteiger partial charge in [0.25, 0.3) is 0 Å². The normalized spacial score (nSPS) is 14.9. The monoisotopic (exact) mass is 487 g/mol. The van der Waals surface area contributed by atoms with Gasteiger partial charge in [-0.2, -0.15) is 0 Å². The van der Waals surface area contributed by atoms with Crippen LogP contribution in [-0.2, 0) is 26.2 Å². The molecule has 1 saturated carbocycles. The number of nitrogens with one attached hydrogen (secondary N) is 1. The fourth-order valence-electron chi connectivity index (χ4n) is 4.12. The zero-order valence-corrected chi connectivity index (χ0v) is 20.8. The Balaban J connectivity index is 1.84. The average molecular weight is 488 g/mol. The van der Waals surface area contributed by atoms with E-state index in [0.717, 1.165) is 41.8 Å². The SMILES string of the molecule is COc1ccc(N(CC(=O)N(Cc2ccccc2)[C@@H](C)C(=O)NC2CCCC2)S(C)(=O)=O)cc1. The molecular weight excluding hydrogens is 454 g/mol. The zero-order chi connectivity index (χ0) is 24.7. The van der Waals surface area contributed by atoms with Gasteiger partial charge in [-0.15, -0.1) is 0 Å². The van der Waals surface area contributed by atoms with Crippen molar-refractivity contribution < 1.29 is 22.7 Å². The lowest BCUT2D eigenvalue weighted by Gasteiger charge is -2.32. The van der Waals surface area contributed by atoms with E-state index < -0.39 is 28.5 Å². The molecule has 0 spiro atoms. The van der Waals surface area contributed by atoms with Crippen LogP contribution in [0, 0.1) is 0 Å². The molecule has 1 aliphatic carbocycles. The summed E-state index contributed by atoms with van der Waals surface area (Å²) in [5.74, 6) is -0.114. The number of hydrogen-bond donors (Lipinski definition) is 1. The molecule has 0 aromatic heterocycles. The molecule has 2 aromatic carbocycles. The molecule has 2 aromatic rings. The molecule has 9 heteroatoms. The van der Waals surface area contributed by atoms with Crippen LogP contribution in [0.4, 0.5) is 5.69 Å². The van der Waals surface area contributed by atoms with Gasteiger partial charge in [-0.1, -0.05) is 43.2 Å². The summed E-state index contributed by atoms with van der Waals surface area (Å²) in [6, 6.07) is 15.2. The van der Waals surface area contributed by atoms with Gasteiger partial charge in [0.1, 0.15) is 18.3 Å². The number of nitrogens with zero attached hydrogens (tertiary/aromatic N) is 2. The van der Waals surface area contributed by atoms with E-state index in [-0.39, 0.29) is 18.5 Å². The number of rotatable bonds is 10. The van der Waals surface area contributed by atoms with Gasteiger partial charge in [0.05, 0.1) is 19.1 Å². The molecule has 0 heterocycles. The Kier molecular flexibility index (Phi) is 8.55. The number of anilines is 1. The van der Waals surface area contributed by atoms with Crippen LogP contribution in [0.1, 0.15) is 38.2 Å². The van der Waals surface area contributed by atoms with Crippen molar-refractivity contribution >= 4 is 27.5 Å². The van der Waals surface area contributed by atoms with Crippen LogP contribution >= 0.6 is 0 Å². The van der Waals surface area contributed by atoms with Gasteiger partial charge < -0.3 is 15.0 Å². The summed E-state index contributed by atoms with van der Waals surface area (Å²) < 4.78 is 31.4. The Morgan fingerprint density at radius 2 is 1.68 bits per heavy atom. The first-order valence-corrected chi connectivity index (χ1v) is 13.3. The molecule has 34 heavy (non-hydrogen) atoms. The molecule has 0 unspecified atom stereocenters. The molecule has 8 nitrogen and oxygen atoms in total. The van der Waals surface area contributed by atoms with E-state index in [2.05, 4.69) is 5.32 Å². The summed E-state index contributed by atoms with van der Waals surface area (Å²) in [5, 5.41) is 3.05. The fraction of sp³-hybridized carbons (Fsp3) is 0.440. The summed E-state index contributed by atoms with van der Waals surface area (Å²) in [6.07, 6.45) is 5.09. The first kappa shape index (κ1) is 25.6. The van der Waals surface area contributed by atoms with Crippen LogP contribution < -0.4 is 14.4 Å². The number of hydrogen-bond acceptors (Lipinski definition) is 5. The van der Waals surface area contributed by atoms with Crippen LogP contribution in [0.15, 0.2) is 54.6 Å². The van der Waals surface area contributed by atoms with Crippen molar-refractivity contribution in [1.82, 2.24) is 10.2 Å². The highest BCUT2D eigenvalue weighted by Gasteiger charge is 2.31. The van der Waals surface area contributed by atoms with Crippen LogP contribution in [0.25, 0.3) is 0 Å². The summed E-state index contributed by atoms with van der Waals surface area (Å²) in [5.41, 5.74) is 1.20. The van der Waals surface area contributed by atoms with E-state index in [4.69, 9.17) is 4.74 Å². The van der Waals surface area contributed by atoms with Gasteiger partial charge in [0.15, 0.2) is 0 Å². The minimum Gasteiger partial charge on any atom is -0.497 e. The number of benzene rings is 2. The maximum Gasteiger partial charge on any atom is 0.244 e. The standard InChI is InChI=1S/C25H33N3O5S/c1-19(25(30)26-21-11-7-8-12-21)27(17-20-9-5-4-6-10-20)24(29)18-28(34(3,31)32)22-13-15-23(33-2)16-14-22/h4-6,9-10,13-16,19,21H,7-8,11-12,17-18H2,1-3H3,(H,26,30)/t19-/m0/s1. The van der Waals surface area contributed by atoms with E-state index >= 15 is 0 Å². The number of carbonyl (C=O) groups is 2. The van der Waals surface area contributed by atoms with Gasteiger partial charge in [-0.05, 0) is 49.6 Å². The van der Waals surface area contributed by atoms with E-state index in [0.29, 0.717) is 11.4 Å². The molecule has 0 bridgehead atoms. The van der Waals surface area contributed by atoms with E-state index in [1.54, 1.807) is 31.2 Å². The number of amides is 2. The number of methoxy groups -OCH3 is 1. The van der Waals surface area contributed by atoms with Crippen LogP contribution in [-0.4, -0.2) is 57.1 Å². The minimum absolute atomic E-state index is 0.121. The van der Waals surface area contributed by atoms with Crippen molar-refractivity contribution in [3.05, 3.63) is 60.2 Å². The summed E-state index contributed by atoms with van der Waals surface area (Å²) in [4.78, 5) is 28.0. The number of ether oxygens (including phenoxy) is 1. The van der Waals surface area contributed by atoms with Crippen molar-refractivity contribution in [2.24, 2.45) is 0 Å². The first-order valence-electron chi connectivity index (χ1n) is 11.4. The second-order valence-corrected chi connectivity index (χ2v) is 10.5. The second kappa shape index (κ2) is 11.4. The zero-order valence-electron chi connectivity index (χ0n) is 19.9. The van der Waals surface area contributed by atoms with E-state index in [1.807, 2.05) is 30.3 Å². The molecule has 0 saturated heterocycles. The maximum atomic E-state index is 13.5. The Morgan fingerprint density at radius 1 is 1.06 bits per heavy atom. The van der Waals surface area contributed by atoms with Crippen LogP contribution in [0.3, 0.4) is 0 Å². The van der Waals surface area contributed by atoms with Gasteiger partial charge in [0, 0.05) is 12.6 Å². The van der Waals surface area contributed by atoms with Crippen molar-refractivity contribution in [3.8, 4) is 5.75 Å². The summed E-state index contributed by atoms with van der Waals surface area (Å²) in [6.45, 7) is 1.46. The largest absolute Gasteiger partial charge is 0.497 e. The van der Waals surface area contributed by atoms with Crippen molar-refractivity contribution in [3.63, 3.8) is 0 Å². The molecule has 184 valence electrons. The molecular formula is C25H33N3O5S. The van der Waals surface area contributed by atoms with Crippen molar-refractivity contribution in [2.75, 3.05) is 24.2 Å². The topological polar surface area (TPSA) is 96.0 Å². The molecule has 1 atom stereocenters. The van der Waals surface area contributed by atoms with Crippen molar-refractivity contribution in [1.29, 1.82) is 0 Å². The third-order valence-corrected chi connectivity index (χ3v) is 7.24. The lowest BCUT2D eigenvalue weighted by Crippen LogP contribution is -2.52. The van der Waals surface area contributed by atoms with Crippen molar-refractivity contribution in [2.45, 2.75) is 51.2 Å². The quantitative estimate of drug-likeness (QED) is 0.556. The average Bonchev–Trinajstić information content (AvgIpc) is 3.33. The van der Waals surface area contributed by atoms with E-state index in [9.17, 15) is 18.0 Å².